The Morgan fingerprint density at radius 3 is 2.26 bits per heavy atom. The molecule has 0 atom stereocenters. The van der Waals surface area contributed by atoms with Gasteiger partial charge in [-0.2, -0.15) is 0 Å². The number of benzene rings is 4. The van der Waals surface area contributed by atoms with Crippen LogP contribution in [0.15, 0.2) is 119 Å². The fourth-order valence-corrected chi connectivity index (χ4v) is 5.35. The Morgan fingerprint density at radius 2 is 1.59 bits per heavy atom. The van der Waals surface area contributed by atoms with Crippen molar-refractivity contribution >= 4 is 21.7 Å². The lowest BCUT2D eigenvalue weighted by Gasteiger charge is -2.25. The molecule has 0 saturated carbocycles. The van der Waals surface area contributed by atoms with E-state index in [0.717, 1.165) is 5.56 Å². The van der Waals surface area contributed by atoms with Gasteiger partial charge < -0.3 is 13.9 Å². The summed E-state index contributed by atoms with van der Waals surface area (Å²) >= 11 is 0. The first-order chi connectivity index (χ1) is 18.9. The number of carbonyl (C=O) groups is 1. The minimum atomic E-state index is -4.07. The molecule has 39 heavy (non-hydrogen) atoms. The van der Waals surface area contributed by atoms with E-state index in [0.29, 0.717) is 22.9 Å². The van der Waals surface area contributed by atoms with E-state index in [4.69, 9.17) is 13.9 Å². The number of carbonyl (C=O) groups excluding carboxylic acids is 1. The quantitative estimate of drug-likeness (QED) is 0.181. The SMILES string of the molecule is COc1ccc(N(Cc2ccccc2)S(=O)(=O)c2cccc(C(=O)Oc3ccc(-c4nnco4)cc3)c2)cc1. The van der Waals surface area contributed by atoms with Gasteiger partial charge in [-0.25, -0.2) is 13.2 Å². The molecular formula is C29H23N3O6S. The van der Waals surface area contributed by atoms with Crippen LogP contribution in [0, 0.1) is 0 Å². The zero-order valence-corrected chi connectivity index (χ0v) is 21.6. The van der Waals surface area contributed by atoms with Crippen molar-refractivity contribution in [3.63, 3.8) is 0 Å². The molecule has 196 valence electrons. The second kappa shape index (κ2) is 11.2. The average molecular weight is 542 g/mol. The maximum Gasteiger partial charge on any atom is 0.343 e. The molecule has 5 aromatic rings. The number of methoxy groups -OCH3 is 1. The molecule has 0 fully saturated rings. The van der Waals surface area contributed by atoms with Crippen LogP contribution in [0.25, 0.3) is 11.5 Å². The van der Waals surface area contributed by atoms with Crippen molar-refractivity contribution in [1.82, 2.24) is 10.2 Å². The van der Waals surface area contributed by atoms with Gasteiger partial charge in [-0.3, -0.25) is 4.31 Å². The van der Waals surface area contributed by atoms with Gasteiger partial charge in [-0.1, -0.05) is 36.4 Å². The summed E-state index contributed by atoms with van der Waals surface area (Å²) in [5, 5.41) is 7.48. The molecule has 0 aliphatic carbocycles. The van der Waals surface area contributed by atoms with Crippen LogP contribution in [-0.4, -0.2) is 31.7 Å². The number of esters is 1. The summed E-state index contributed by atoms with van der Waals surface area (Å²) in [5.41, 5.74) is 2.01. The molecule has 5 rings (SSSR count). The predicted molar refractivity (Wildman–Crippen MR) is 144 cm³/mol. The molecule has 0 spiro atoms. The van der Waals surface area contributed by atoms with Crippen LogP contribution in [0.2, 0.25) is 0 Å². The zero-order valence-electron chi connectivity index (χ0n) is 20.8. The highest BCUT2D eigenvalue weighted by atomic mass is 32.2. The smallest absolute Gasteiger partial charge is 0.343 e. The Morgan fingerprint density at radius 1 is 0.872 bits per heavy atom. The van der Waals surface area contributed by atoms with E-state index in [-0.39, 0.29) is 22.8 Å². The summed E-state index contributed by atoms with van der Waals surface area (Å²) in [5.74, 6) is 0.519. The largest absolute Gasteiger partial charge is 0.497 e. The van der Waals surface area contributed by atoms with E-state index in [9.17, 15) is 13.2 Å². The highest BCUT2D eigenvalue weighted by molar-refractivity contribution is 7.92. The summed E-state index contributed by atoms with van der Waals surface area (Å²) in [6, 6.07) is 28.3. The van der Waals surface area contributed by atoms with Crippen LogP contribution in [0.1, 0.15) is 15.9 Å². The second-order valence-corrected chi connectivity index (χ2v) is 10.2. The van der Waals surface area contributed by atoms with Gasteiger partial charge in [0.15, 0.2) is 0 Å². The number of aromatic nitrogens is 2. The topological polar surface area (TPSA) is 112 Å². The van der Waals surface area contributed by atoms with Crippen molar-refractivity contribution in [3.8, 4) is 23.0 Å². The van der Waals surface area contributed by atoms with Crippen molar-refractivity contribution in [2.45, 2.75) is 11.4 Å². The molecule has 0 saturated heterocycles. The lowest BCUT2D eigenvalue weighted by Crippen LogP contribution is -2.30. The normalized spacial score (nSPS) is 11.1. The molecule has 0 amide bonds. The van der Waals surface area contributed by atoms with Crippen LogP contribution >= 0.6 is 0 Å². The van der Waals surface area contributed by atoms with Gasteiger partial charge in [0.25, 0.3) is 10.0 Å². The van der Waals surface area contributed by atoms with Gasteiger partial charge in [-0.05, 0) is 72.3 Å². The maximum atomic E-state index is 13.9. The molecule has 1 heterocycles. The average Bonchev–Trinajstić information content (AvgIpc) is 3.52. The van der Waals surface area contributed by atoms with E-state index >= 15 is 0 Å². The molecule has 9 nitrogen and oxygen atoms in total. The number of sulfonamides is 1. The first-order valence-corrected chi connectivity index (χ1v) is 13.3. The van der Waals surface area contributed by atoms with Gasteiger partial charge >= 0.3 is 5.97 Å². The van der Waals surface area contributed by atoms with Crippen LogP contribution in [-0.2, 0) is 16.6 Å². The maximum absolute atomic E-state index is 13.9. The summed E-state index contributed by atoms with van der Waals surface area (Å²) in [6.45, 7) is 0.0938. The monoisotopic (exact) mass is 541 g/mol. The van der Waals surface area contributed by atoms with Crippen LogP contribution in [0.5, 0.6) is 11.5 Å². The van der Waals surface area contributed by atoms with E-state index in [1.165, 1.54) is 35.0 Å². The summed E-state index contributed by atoms with van der Waals surface area (Å²) < 4.78 is 44.9. The molecule has 0 N–H and O–H groups in total. The van der Waals surface area contributed by atoms with Crippen LogP contribution in [0.4, 0.5) is 5.69 Å². The van der Waals surface area contributed by atoms with Crippen molar-refractivity contribution < 1.29 is 27.1 Å². The van der Waals surface area contributed by atoms with Crippen LogP contribution < -0.4 is 13.8 Å². The summed E-state index contributed by atoms with van der Waals surface area (Å²) in [6.07, 6.45) is 1.22. The van der Waals surface area contributed by atoms with E-state index < -0.39 is 16.0 Å². The third kappa shape index (κ3) is 5.81. The minimum absolute atomic E-state index is 0.0459. The van der Waals surface area contributed by atoms with Gasteiger partial charge in [0.1, 0.15) is 11.5 Å². The van der Waals surface area contributed by atoms with E-state index in [2.05, 4.69) is 10.2 Å². The molecule has 0 unspecified atom stereocenters. The van der Waals surface area contributed by atoms with Crippen molar-refractivity contribution in [2.75, 3.05) is 11.4 Å². The Bertz CT molecular complexity index is 1650. The molecule has 0 aliphatic heterocycles. The lowest BCUT2D eigenvalue weighted by molar-refractivity contribution is 0.0734. The standard InChI is InChI=1S/C29H23N3O6S/c1-36-25-16-12-24(13-17-25)32(19-21-6-3-2-4-7-21)39(34,35)27-9-5-8-23(18-27)29(33)38-26-14-10-22(11-15-26)28-31-30-20-37-28/h2-18,20H,19H2,1H3. The van der Waals surface area contributed by atoms with Gasteiger partial charge in [0.05, 0.1) is 29.8 Å². The van der Waals surface area contributed by atoms with E-state index in [1.807, 2.05) is 30.3 Å². The molecule has 0 bridgehead atoms. The van der Waals surface area contributed by atoms with Crippen molar-refractivity contribution in [3.05, 3.63) is 121 Å². The molecular weight excluding hydrogens is 518 g/mol. The number of nitrogens with zero attached hydrogens (tertiary/aromatic N) is 3. The number of hydrogen-bond acceptors (Lipinski definition) is 8. The molecule has 0 radical (unpaired) electrons. The zero-order chi connectivity index (χ0) is 27.2. The van der Waals surface area contributed by atoms with Gasteiger partial charge in [-0.15, -0.1) is 10.2 Å². The fraction of sp³-hybridized carbons (Fsp3) is 0.0690. The Balaban J connectivity index is 1.41. The Kier molecular flexibility index (Phi) is 7.37. The third-order valence-electron chi connectivity index (χ3n) is 5.86. The number of hydrogen-bond donors (Lipinski definition) is 0. The highest BCUT2D eigenvalue weighted by Crippen LogP contribution is 2.29. The Labute approximate surface area is 225 Å². The first kappa shape index (κ1) is 25.7. The summed E-state index contributed by atoms with van der Waals surface area (Å²) in [4.78, 5) is 12.9. The minimum Gasteiger partial charge on any atom is -0.497 e. The number of rotatable bonds is 9. The second-order valence-electron chi connectivity index (χ2n) is 8.38. The number of anilines is 1. The first-order valence-electron chi connectivity index (χ1n) is 11.8. The third-order valence-corrected chi connectivity index (χ3v) is 7.63. The van der Waals surface area contributed by atoms with Crippen molar-refractivity contribution in [2.24, 2.45) is 0 Å². The fourth-order valence-electron chi connectivity index (χ4n) is 3.85. The molecule has 1 aromatic heterocycles. The highest BCUT2D eigenvalue weighted by Gasteiger charge is 2.26. The van der Waals surface area contributed by atoms with E-state index in [1.54, 1.807) is 55.6 Å². The lowest BCUT2D eigenvalue weighted by atomic mass is 10.2. The van der Waals surface area contributed by atoms with Gasteiger partial charge in [0, 0.05) is 5.56 Å². The Hall–Kier alpha value is -4.96. The van der Waals surface area contributed by atoms with Gasteiger partial charge in [0.2, 0.25) is 12.3 Å². The predicted octanol–water partition coefficient (Wildman–Crippen LogP) is 5.36. The summed E-state index contributed by atoms with van der Waals surface area (Å²) in [7, 11) is -2.53. The van der Waals surface area contributed by atoms with Crippen molar-refractivity contribution in [1.29, 1.82) is 0 Å². The molecule has 0 aliphatic rings. The van der Waals surface area contributed by atoms with Crippen LogP contribution in [0.3, 0.4) is 0 Å². The molecule has 4 aromatic carbocycles. The molecule has 10 heteroatoms. The number of ether oxygens (including phenoxy) is 2.